The van der Waals surface area contributed by atoms with Crippen LogP contribution in [-0.2, 0) is 9.47 Å². The van der Waals surface area contributed by atoms with Gasteiger partial charge in [0.15, 0.2) is 5.76 Å². The molecule has 16 heavy (non-hydrogen) atoms. The van der Waals surface area contributed by atoms with Crippen LogP contribution < -0.4 is 0 Å². The maximum atomic E-state index is 11.1. The summed E-state index contributed by atoms with van der Waals surface area (Å²) in [5.41, 5.74) is 1.35. The summed E-state index contributed by atoms with van der Waals surface area (Å²) in [5.74, 6) is 0.359. The molecule has 0 aliphatic carbocycles. The largest absolute Gasteiger partial charge is 0.498 e. The van der Waals surface area contributed by atoms with Crippen molar-refractivity contribution in [3.8, 4) is 0 Å². The number of nitrogens with zero attached hydrogens (tertiary/aromatic N) is 1. The molecule has 0 spiro atoms. The lowest BCUT2D eigenvalue weighted by molar-refractivity contribution is 0.189. The first-order valence-corrected chi connectivity index (χ1v) is 4.99. The molecule has 1 amide bonds. The lowest BCUT2D eigenvalue weighted by atomic mass is 10.1. The van der Waals surface area contributed by atoms with Crippen LogP contribution in [0.15, 0.2) is 47.3 Å². The predicted octanol–water partition coefficient (Wildman–Crippen LogP) is 2.50. The fourth-order valence-corrected chi connectivity index (χ4v) is 1.35. The molecule has 82 valence electrons. The number of benzene rings is 1. The number of carbonyl (C=O) groups excluding carboxylic acids is 1. The third-order valence-electron chi connectivity index (χ3n) is 2.04. The van der Waals surface area contributed by atoms with E-state index in [1.807, 2.05) is 37.3 Å². The van der Waals surface area contributed by atoms with Gasteiger partial charge in [-0.1, -0.05) is 30.3 Å². The van der Waals surface area contributed by atoms with Gasteiger partial charge in [-0.25, -0.2) is 4.79 Å². The lowest BCUT2D eigenvalue weighted by Gasteiger charge is -2.02. The van der Waals surface area contributed by atoms with E-state index >= 15 is 0 Å². The van der Waals surface area contributed by atoms with Crippen molar-refractivity contribution in [1.82, 2.24) is 0 Å². The van der Waals surface area contributed by atoms with Gasteiger partial charge in [-0.2, -0.15) is 4.99 Å². The Hall–Kier alpha value is -2.10. The highest BCUT2D eigenvalue weighted by Gasteiger charge is 2.23. The van der Waals surface area contributed by atoms with Crippen LogP contribution in [0.25, 0.3) is 0 Å². The van der Waals surface area contributed by atoms with Crippen molar-refractivity contribution >= 4 is 11.8 Å². The van der Waals surface area contributed by atoms with Gasteiger partial charge in [0.1, 0.15) is 12.0 Å². The fourth-order valence-electron chi connectivity index (χ4n) is 1.35. The fraction of sp³-hybridized carbons (Fsp3) is 0.167. The first-order valence-electron chi connectivity index (χ1n) is 4.99. The average Bonchev–Trinajstić information content (AvgIpc) is 2.69. The molecule has 4 heteroatoms. The first kappa shape index (κ1) is 10.4. The summed E-state index contributed by atoms with van der Waals surface area (Å²) >= 11 is 0. The van der Waals surface area contributed by atoms with Crippen LogP contribution in [0.1, 0.15) is 12.5 Å². The van der Waals surface area contributed by atoms with E-state index in [2.05, 4.69) is 4.99 Å². The van der Waals surface area contributed by atoms with Gasteiger partial charge in [0, 0.05) is 5.56 Å². The molecule has 1 aliphatic heterocycles. The Morgan fingerprint density at radius 3 is 2.81 bits per heavy atom. The Balaban J connectivity index is 2.31. The Bertz CT molecular complexity index is 449. The van der Waals surface area contributed by atoms with Gasteiger partial charge in [-0.3, -0.25) is 0 Å². The van der Waals surface area contributed by atoms with Gasteiger partial charge in [0.05, 0.1) is 6.61 Å². The zero-order valence-electron chi connectivity index (χ0n) is 8.84. The molecule has 1 aliphatic rings. The van der Waals surface area contributed by atoms with E-state index in [0.29, 0.717) is 18.1 Å². The third-order valence-corrected chi connectivity index (χ3v) is 2.04. The summed E-state index contributed by atoms with van der Waals surface area (Å²) in [6, 6.07) is 9.37. The summed E-state index contributed by atoms with van der Waals surface area (Å²) in [6.07, 6.45) is 0.807. The zero-order chi connectivity index (χ0) is 11.4. The minimum Gasteiger partial charge on any atom is -0.498 e. The maximum Gasteiger partial charge on any atom is 0.439 e. The second-order valence-corrected chi connectivity index (χ2v) is 3.13. The molecule has 0 aromatic heterocycles. The van der Waals surface area contributed by atoms with Crippen molar-refractivity contribution in [3.05, 3.63) is 47.9 Å². The number of carbonyl (C=O) groups is 1. The molecule has 0 saturated carbocycles. The van der Waals surface area contributed by atoms with Crippen molar-refractivity contribution in [2.24, 2.45) is 4.99 Å². The Labute approximate surface area is 93.2 Å². The van der Waals surface area contributed by atoms with Crippen LogP contribution in [0.5, 0.6) is 0 Å². The van der Waals surface area contributed by atoms with Crippen LogP contribution in [0.4, 0.5) is 4.79 Å². The second kappa shape index (κ2) is 4.61. The summed E-state index contributed by atoms with van der Waals surface area (Å²) < 4.78 is 10.0. The molecular weight excluding hydrogens is 206 g/mol. The number of allylic oxidation sites excluding steroid dienone is 1. The molecule has 2 rings (SSSR count). The highest BCUT2D eigenvalue weighted by atomic mass is 16.6. The summed E-state index contributed by atoms with van der Waals surface area (Å²) in [6.45, 7) is 2.37. The molecule has 1 heterocycles. The van der Waals surface area contributed by atoms with Crippen LogP contribution in [0.3, 0.4) is 0 Å². The number of rotatable bonds is 3. The van der Waals surface area contributed by atoms with Crippen molar-refractivity contribution in [2.75, 3.05) is 6.61 Å². The van der Waals surface area contributed by atoms with E-state index in [-0.39, 0.29) is 0 Å². The standard InChI is InChI=1S/C12H11NO3/c1-2-15-8-10-11(13-12(14)16-10)9-6-4-3-5-7-9/h3-8H,2H2,1H3. The Morgan fingerprint density at radius 2 is 2.12 bits per heavy atom. The van der Waals surface area contributed by atoms with Gasteiger partial charge < -0.3 is 9.47 Å². The highest BCUT2D eigenvalue weighted by Crippen LogP contribution is 2.18. The maximum absolute atomic E-state index is 11.1. The monoisotopic (exact) mass is 217 g/mol. The normalized spacial score (nSPS) is 17.2. The van der Waals surface area contributed by atoms with Crippen LogP contribution in [-0.4, -0.2) is 18.4 Å². The Kier molecular flexibility index (Phi) is 3.00. The first-order chi connectivity index (χ1) is 7.81. The molecule has 0 fully saturated rings. The zero-order valence-corrected chi connectivity index (χ0v) is 8.84. The second-order valence-electron chi connectivity index (χ2n) is 3.13. The molecule has 0 unspecified atom stereocenters. The predicted molar refractivity (Wildman–Crippen MR) is 59.2 cm³/mol. The molecule has 0 bridgehead atoms. The van der Waals surface area contributed by atoms with E-state index in [1.165, 1.54) is 6.26 Å². The van der Waals surface area contributed by atoms with Crippen LogP contribution in [0.2, 0.25) is 0 Å². The molecule has 1 aromatic rings. The number of hydrogen-bond acceptors (Lipinski definition) is 3. The van der Waals surface area contributed by atoms with E-state index in [0.717, 1.165) is 5.56 Å². The van der Waals surface area contributed by atoms with Crippen molar-refractivity contribution in [3.63, 3.8) is 0 Å². The molecular formula is C12H11NO3. The quantitative estimate of drug-likeness (QED) is 0.731. The van der Waals surface area contributed by atoms with Gasteiger partial charge in [0.2, 0.25) is 0 Å². The number of hydrogen-bond donors (Lipinski definition) is 0. The van der Waals surface area contributed by atoms with Gasteiger partial charge in [-0.15, -0.1) is 0 Å². The van der Waals surface area contributed by atoms with E-state index in [1.54, 1.807) is 0 Å². The van der Waals surface area contributed by atoms with E-state index < -0.39 is 6.09 Å². The number of aliphatic imine (C=N–C) groups is 1. The summed E-state index contributed by atoms with van der Waals surface area (Å²) in [5, 5.41) is 0. The smallest absolute Gasteiger partial charge is 0.439 e. The van der Waals surface area contributed by atoms with Crippen molar-refractivity contribution in [1.29, 1.82) is 0 Å². The molecule has 0 atom stereocenters. The molecule has 0 radical (unpaired) electrons. The number of amides is 1. The van der Waals surface area contributed by atoms with Crippen molar-refractivity contribution < 1.29 is 14.3 Å². The summed E-state index contributed by atoms with van der Waals surface area (Å²) in [4.78, 5) is 14.9. The van der Waals surface area contributed by atoms with E-state index in [9.17, 15) is 4.79 Å². The molecule has 0 N–H and O–H groups in total. The molecule has 4 nitrogen and oxygen atoms in total. The lowest BCUT2D eigenvalue weighted by Crippen LogP contribution is -2.02. The average molecular weight is 217 g/mol. The van der Waals surface area contributed by atoms with Gasteiger partial charge in [0.25, 0.3) is 0 Å². The SMILES string of the molecule is CCOC=C1OC(=O)N=C1c1ccccc1. The van der Waals surface area contributed by atoms with Crippen molar-refractivity contribution in [2.45, 2.75) is 6.92 Å². The summed E-state index contributed by atoms with van der Waals surface area (Å²) in [7, 11) is 0. The highest BCUT2D eigenvalue weighted by molar-refractivity contribution is 6.18. The van der Waals surface area contributed by atoms with Gasteiger partial charge >= 0.3 is 6.09 Å². The number of cyclic esters (lactones) is 1. The molecule has 1 aromatic carbocycles. The van der Waals surface area contributed by atoms with Crippen LogP contribution in [0, 0.1) is 0 Å². The molecule has 0 saturated heterocycles. The van der Waals surface area contributed by atoms with E-state index in [4.69, 9.17) is 9.47 Å². The minimum absolute atomic E-state index is 0.359. The van der Waals surface area contributed by atoms with Crippen LogP contribution >= 0.6 is 0 Å². The Morgan fingerprint density at radius 1 is 1.38 bits per heavy atom. The topological polar surface area (TPSA) is 47.9 Å². The minimum atomic E-state index is -0.607. The number of ether oxygens (including phenoxy) is 2. The van der Waals surface area contributed by atoms with Gasteiger partial charge in [-0.05, 0) is 6.92 Å². The third kappa shape index (κ3) is 2.11.